The lowest BCUT2D eigenvalue weighted by Crippen LogP contribution is -2.18. The van der Waals surface area contributed by atoms with Crippen molar-refractivity contribution in [3.63, 3.8) is 0 Å². The number of carbonyl (C=O) groups excluding carboxylic acids is 2. The fourth-order valence-electron chi connectivity index (χ4n) is 2.22. The molecule has 1 aromatic rings. The van der Waals surface area contributed by atoms with Gasteiger partial charge in [0, 0.05) is 0 Å². The number of esters is 2. The van der Waals surface area contributed by atoms with Gasteiger partial charge in [-0.25, -0.2) is 9.59 Å². The van der Waals surface area contributed by atoms with Gasteiger partial charge in [0.15, 0.2) is 0 Å². The molecule has 0 spiro atoms. The predicted molar refractivity (Wildman–Crippen MR) is 87.4 cm³/mol. The minimum Gasteiger partial charge on any atom is -0.462 e. The molecule has 0 saturated carbocycles. The minimum atomic E-state index is -0.635. The summed E-state index contributed by atoms with van der Waals surface area (Å²) in [4.78, 5) is 24.2. The highest BCUT2D eigenvalue weighted by Gasteiger charge is 2.19. The summed E-state index contributed by atoms with van der Waals surface area (Å²) in [6.45, 7) is 4.21. The van der Waals surface area contributed by atoms with Crippen LogP contribution < -0.4 is 0 Å². The van der Waals surface area contributed by atoms with Crippen LogP contribution in [0.4, 0.5) is 0 Å². The number of aliphatic hydroxyl groups is 1. The van der Waals surface area contributed by atoms with E-state index in [1.807, 2.05) is 0 Å². The van der Waals surface area contributed by atoms with E-state index >= 15 is 0 Å². The number of benzene rings is 1. The molecule has 0 bridgehead atoms. The van der Waals surface area contributed by atoms with E-state index in [1.165, 1.54) is 6.07 Å². The zero-order valence-corrected chi connectivity index (χ0v) is 13.9. The van der Waals surface area contributed by atoms with Gasteiger partial charge in [0.05, 0.1) is 24.3 Å². The Kier molecular flexibility index (Phi) is 8.98. The first-order valence-corrected chi connectivity index (χ1v) is 8.18. The second-order valence-electron chi connectivity index (χ2n) is 5.42. The van der Waals surface area contributed by atoms with Crippen molar-refractivity contribution in [2.24, 2.45) is 5.92 Å². The quantitative estimate of drug-likeness (QED) is 0.670. The second kappa shape index (κ2) is 10.8. The summed E-state index contributed by atoms with van der Waals surface area (Å²) in [7, 11) is 0. The van der Waals surface area contributed by atoms with Crippen LogP contribution in [0, 0.1) is 5.92 Å². The van der Waals surface area contributed by atoms with Crippen LogP contribution in [0.5, 0.6) is 0 Å². The summed E-state index contributed by atoms with van der Waals surface area (Å²) in [5.41, 5.74) is 0.355. The van der Waals surface area contributed by atoms with E-state index in [1.54, 1.807) is 18.2 Å². The van der Waals surface area contributed by atoms with Crippen LogP contribution >= 0.6 is 0 Å². The smallest absolute Gasteiger partial charge is 0.339 e. The molecule has 0 aromatic heterocycles. The van der Waals surface area contributed by atoms with Gasteiger partial charge in [-0.2, -0.15) is 0 Å². The number of unbranched alkanes of at least 4 members (excludes halogenated alkanes) is 1. The number of rotatable bonds is 10. The SMILES string of the molecule is CCCCC(CC)COC(=O)c1ccccc1C(=O)OCCO. The Morgan fingerprint density at radius 1 is 1.09 bits per heavy atom. The molecule has 0 radical (unpaired) electrons. The van der Waals surface area contributed by atoms with Crippen LogP contribution in [0.25, 0.3) is 0 Å². The van der Waals surface area contributed by atoms with Gasteiger partial charge in [-0.3, -0.25) is 0 Å². The second-order valence-corrected chi connectivity index (χ2v) is 5.42. The Morgan fingerprint density at radius 2 is 1.70 bits per heavy atom. The van der Waals surface area contributed by atoms with E-state index < -0.39 is 11.9 Å². The fraction of sp³-hybridized carbons (Fsp3) is 0.556. The maximum Gasteiger partial charge on any atom is 0.339 e. The molecule has 0 aliphatic heterocycles. The van der Waals surface area contributed by atoms with Gasteiger partial charge in [-0.05, 0) is 24.5 Å². The molecule has 0 fully saturated rings. The Morgan fingerprint density at radius 3 is 2.22 bits per heavy atom. The van der Waals surface area contributed by atoms with Crippen LogP contribution in [0.15, 0.2) is 24.3 Å². The summed E-state index contributed by atoms with van der Waals surface area (Å²) in [6.07, 6.45) is 4.21. The van der Waals surface area contributed by atoms with Crippen LogP contribution in [-0.2, 0) is 9.47 Å². The highest BCUT2D eigenvalue weighted by molar-refractivity contribution is 6.03. The molecule has 5 nitrogen and oxygen atoms in total. The summed E-state index contributed by atoms with van der Waals surface area (Å²) in [5.74, 6) is -0.812. The first kappa shape index (κ1) is 19.2. The zero-order valence-electron chi connectivity index (χ0n) is 13.9. The minimum absolute atomic E-state index is 0.100. The van der Waals surface area contributed by atoms with E-state index in [2.05, 4.69) is 13.8 Å². The average Bonchev–Trinajstić information content (AvgIpc) is 2.59. The van der Waals surface area contributed by atoms with E-state index in [0.29, 0.717) is 12.5 Å². The Bertz CT molecular complexity index is 498. The third-order valence-electron chi connectivity index (χ3n) is 3.68. The molecule has 0 heterocycles. The fourth-order valence-corrected chi connectivity index (χ4v) is 2.22. The van der Waals surface area contributed by atoms with Gasteiger partial charge in [0.25, 0.3) is 0 Å². The van der Waals surface area contributed by atoms with Crippen molar-refractivity contribution in [1.82, 2.24) is 0 Å². The van der Waals surface area contributed by atoms with Crippen LogP contribution in [0.2, 0.25) is 0 Å². The maximum atomic E-state index is 12.3. The lowest BCUT2D eigenvalue weighted by atomic mass is 10.0. The normalized spacial score (nSPS) is 11.8. The van der Waals surface area contributed by atoms with Crippen molar-refractivity contribution in [2.75, 3.05) is 19.8 Å². The van der Waals surface area contributed by atoms with Gasteiger partial charge >= 0.3 is 11.9 Å². The number of hydrogen-bond donors (Lipinski definition) is 1. The molecule has 1 N–H and O–H groups in total. The number of carbonyl (C=O) groups is 2. The lowest BCUT2D eigenvalue weighted by Gasteiger charge is -2.15. The molecule has 128 valence electrons. The van der Waals surface area contributed by atoms with Crippen molar-refractivity contribution in [3.05, 3.63) is 35.4 Å². The van der Waals surface area contributed by atoms with Crippen LogP contribution in [0.3, 0.4) is 0 Å². The summed E-state index contributed by atoms with van der Waals surface area (Å²) >= 11 is 0. The van der Waals surface area contributed by atoms with Gasteiger partial charge in [-0.15, -0.1) is 0 Å². The summed E-state index contributed by atoms with van der Waals surface area (Å²) in [6, 6.07) is 6.39. The Balaban J connectivity index is 2.70. The molecular weight excluding hydrogens is 296 g/mol. The van der Waals surface area contributed by atoms with Gasteiger partial charge in [0.2, 0.25) is 0 Å². The van der Waals surface area contributed by atoms with E-state index in [9.17, 15) is 9.59 Å². The third-order valence-corrected chi connectivity index (χ3v) is 3.68. The highest BCUT2D eigenvalue weighted by atomic mass is 16.5. The van der Waals surface area contributed by atoms with E-state index in [4.69, 9.17) is 14.6 Å². The Hall–Kier alpha value is -1.88. The van der Waals surface area contributed by atoms with Crippen molar-refractivity contribution >= 4 is 11.9 Å². The van der Waals surface area contributed by atoms with Crippen molar-refractivity contribution < 1.29 is 24.2 Å². The number of ether oxygens (including phenoxy) is 2. The molecule has 0 aliphatic carbocycles. The van der Waals surface area contributed by atoms with Crippen molar-refractivity contribution in [1.29, 1.82) is 0 Å². The number of aliphatic hydroxyl groups excluding tert-OH is 1. The molecule has 0 aliphatic rings. The summed E-state index contributed by atoms with van der Waals surface area (Å²) < 4.78 is 10.2. The highest BCUT2D eigenvalue weighted by Crippen LogP contribution is 2.16. The van der Waals surface area contributed by atoms with Crippen LogP contribution in [-0.4, -0.2) is 36.9 Å². The average molecular weight is 322 g/mol. The van der Waals surface area contributed by atoms with Crippen molar-refractivity contribution in [2.45, 2.75) is 39.5 Å². The van der Waals surface area contributed by atoms with Gasteiger partial charge in [0.1, 0.15) is 6.61 Å². The van der Waals surface area contributed by atoms with E-state index in [0.717, 1.165) is 25.7 Å². The number of hydrogen-bond acceptors (Lipinski definition) is 5. The lowest BCUT2D eigenvalue weighted by molar-refractivity contribution is 0.0385. The molecule has 1 unspecified atom stereocenters. The molecule has 23 heavy (non-hydrogen) atoms. The van der Waals surface area contributed by atoms with Crippen molar-refractivity contribution in [3.8, 4) is 0 Å². The molecule has 1 rings (SSSR count). The van der Waals surface area contributed by atoms with E-state index in [-0.39, 0.29) is 24.3 Å². The molecule has 1 aromatic carbocycles. The maximum absolute atomic E-state index is 12.3. The topological polar surface area (TPSA) is 72.8 Å². The molecule has 5 heteroatoms. The Labute approximate surface area is 137 Å². The monoisotopic (exact) mass is 322 g/mol. The molecule has 0 saturated heterocycles. The zero-order chi connectivity index (χ0) is 17.1. The van der Waals surface area contributed by atoms with Crippen LogP contribution in [0.1, 0.15) is 60.2 Å². The van der Waals surface area contributed by atoms with Gasteiger partial charge in [-0.1, -0.05) is 45.2 Å². The molecule has 1 atom stereocenters. The predicted octanol–water partition coefficient (Wildman–Crippen LogP) is 3.21. The standard InChI is InChI=1S/C18H26O5/c1-3-5-8-14(4-2)13-23-18(21)16-10-7-6-9-15(16)17(20)22-12-11-19/h6-7,9-10,14,19H,3-5,8,11-13H2,1-2H3. The first-order valence-electron chi connectivity index (χ1n) is 8.18. The largest absolute Gasteiger partial charge is 0.462 e. The first-order chi connectivity index (χ1) is 11.1. The molecular formula is C18H26O5. The van der Waals surface area contributed by atoms with Gasteiger partial charge < -0.3 is 14.6 Å². The molecule has 0 amide bonds. The third kappa shape index (κ3) is 6.40. The summed E-state index contributed by atoms with van der Waals surface area (Å²) in [5, 5.41) is 8.71.